The molecule has 16 heavy (non-hydrogen) atoms. The first-order valence-electron chi connectivity index (χ1n) is 7.33. The van der Waals surface area contributed by atoms with Gasteiger partial charge < -0.3 is 0 Å². The Bertz CT molecular complexity index is 141. The first-order valence-corrected chi connectivity index (χ1v) is 10.4. The van der Waals surface area contributed by atoms with Gasteiger partial charge in [0.2, 0.25) is 0 Å². The molecule has 0 radical (unpaired) electrons. The highest BCUT2D eigenvalue weighted by atomic mass is 32.4. The second kappa shape index (κ2) is 13.7. The number of hydrogen-bond acceptors (Lipinski definition) is 1. The van der Waals surface area contributed by atoms with E-state index in [1.807, 2.05) is 0 Å². The third-order valence-electron chi connectivity index (χ3n) is 3.12. The van der Waals surface area contributed by atoms with Gasteiger partial charge in [-0.2, -0.15) is 0 Å². The predicted molar refractivity (Wildman–Crippen MR) is 82.9 cm³/mol. The molecular formula is C14H31PS. The molecule has 0 atom stereocenters. The van der Waals surface area contributed by atoms with Crippen molar-refractivity contribution < 1.29 is 0 Å². The molecule has 0 aromatic carbocycles. The fraction of sp³-hybridized carbons (Fsp3) is 1.00. The third kappa shape index (κ3) is 12.7. The molecule has 0 aromatic heterocycles. The molecule has 0 bridgehead atoms. The van der Waals surface area contributed by atoms with Crippen molar-refractivity contribution in [1.82, 2.24) is 0 Å². The smallest absolute Gasteiger partial charge is 0.0260 e. The Morgan fingerprint density at radius 2 is 1.00 bits per heavy atom. The largest absolute Gasteiger partial charge is 0.101 e. The molecule has 0 unspecified atom stereocenters. The van der Waals surface area contributed by atoms with Gasteiger partial charge in [0.25, 0.3) is 0 Å². The molecule has 0 spiro atoms. The molecule has 0 aliphatic rings. The Balaban J connectivity index is 3.12. The van der Waals surface area contributed by atoms with Gasteiger partial charge in [-0.25, -0.2) is 0 Å². The van der Waals surface area contributed by atoms with E-state index in [4.69, 9.17) is 11.8 Å². The Morgan fingerprint density at radius 1 is 0.625 bits per heavy atom. The van der Waals surface area contributed by atoms with Crippen molar-refractivity contribution in [1.29, 1.82) is 0 Å². The molecule has 0 N–H and O–H groups in total. The Labute approximate surface area is 109 Å². The van der Waals surface area contributed by atoms with E-state index in [1.54, 1.807) is 0 Å². The van der Waals surface area contributed by atoms with Crippen molar-refractivity contribution in [2.24, 2.45) is 0 Å². The van der Waals surface area contributed by atoms with Crippen LogP contribution in [0.4, 0.5) is 0 Å². The summed E-state index contributed by atoms with van der Waals surface area (Å²) < 4.78 is 0. The van der Waals surface area contributed by atoms with Crippen LogP contribution in [0.3, 0.4) is 0 Å². The normalized spacial score (nSPS) is 11.2. The Kier molecular flexibility index (Phi) is 14.3. The van der Waals surface area contributed by atoms with Gasteiger partial charge in [0, 0.05) is 0 Å². The zero-order valence-corrected chi connectivity index (χ0v) is 13.2. The SMILES string of the molecule is CCCCCCC[PH](=S)CCCCCCC. The highest BCUT2D eigenvalue weighted by Gasteiger charge is 1.96. The van der Waals surface area contributed by atoms with Gasteiger partial charge in [-0.05, 0) is 25.2 Å². The molecule has 0 fully saturated rings. The van der Waals surface area contributed by atoms with Gasteiger partial charge in [-0.3, -0.25) is 0 Å². The first-order chi connectivity index (χ1) is 7.81. The minimum Gasteiger partial charge on any atom is -0.101 e. The lowest BCUT2D eigenvalue weighted by molar-refractivity contribution is 0.653. The highest BCUT2D eigenvalue weighted by Crippen LogP contribution is 2.25. The lowest BCUT2D eigenvalue weighted by Crippen LogP contribution is -1.86. The summed E-state index contributed by atoms with van der Waals surface area (Å²) in [7, 11) is 0. The summed E-state index contributed by atoms with van der Waals surface area (Å²) in [6, 6.07) is 0. The average molecular weight is 262 g/mol. The molecule has 0 saturated heterocycles. The summed E-state index contributed by atoms with van der Waals surface area (Å²) in [4.78, 5) is 0. The van der Waals surface area contributed by atoms with E-state index in [0.717, 1.165) is 0 Å². The second-order valence-electron chi connectivity index (χ2n) is 4.87. The zero-order chi connectivity index (χ0) is 12.1. The molecular weight excluding hydrogens is 231 g/mol. The monoisotopic (exact) mass is 262 g/mol. The summed E-state index contributed by atoms with van der Waals surface area (Å²) in [6.07, 6.45) is 16.8. The van der Waals surface area contributed by atoms with E-state index in [2.05, 4.69) is 13.8 Å². The molecule has 0 aliphatic carbocycles. The van der Waals surface area contributed by atoms with Crippen LogP contribution in [-0.2, 0) is 11.8 Å². The van der Waals surface area contributed by atoms with E-state index >= 15 is 0 Å². The van der Waals surface area contributed by atoms with Crippen molar-refractivity contribution in [3.05, 3.63) is 0 Å². The fourth-order valence-electron chi connectivity index (χ4n) is 1.98. The number of hydrogen-bond donors (Lipinski definition) is 0. The quantitative estimate of drug-likeness (QED) is 0.326. The molecule has 0 amide bonds. The molecule has 0 heterocycles. The van der Waals surface area contributed by atoms with Crippen molar-refractivity contribution in [2.45, 2.75) is 78.1 Å². The summed E-state index contributed by atoms with van der Waals surface area (Å²) in [6.45, 7) is 4.17. The maximum atomic E-state index is 5.60. The molecule has 98 valence electrons. The summed E-state index contributed by atoms with van der Waals surface area (Å²) in [5.74, 6) is 0. The van der Waals surface area contributed by atoms with Crippen molar-refractivity contribution >= 4 is 18.5 Å². The summed E-state index contributed by atoms with van der Waals surface area (Å²) >= 11 is 5.60. The van der Waals surface area contributed by atoms with Crippen molar-refractivity contribution in [3.8, 4) is 0 Å². The third-order valence-corrected chi connectivity index (χ3v) is 6.17. The standard InChI is InChI=1S/C14H31PS/c1-3-5-7-9-11-13-15(16)14-12-10-8-6-4-2/h15H,3-14H2,1-2H3. The van der Waals surface area contributed by atoms with Crippen LogP contribution < -0.4 is 0 Å². The first kappa shape index (κ1) is 16.6. The van der Waals surface area contributed by atoms with Gasteiger partial charge in [-0.1, -0.05) is 71.9 Å². The van der Waals surface area contributed by atoms with Crippen LogP contribution in [0.2, 0.25) is 0 Å². The van der Waals surface area contributed by atoms with Crippen LogP contribution in [0.1, 0.15) is 78.1 Å². The van der Waals surface area contributed by atoms with Crippen LogP contribution in [0, 0.1) is 0 Å². The maximum absolute atomic E-state index is 5.60. The molecule has 0 saturated carbocycles. The Morgan fingerprint density at radius 3 is 1.38 bits per heavy atom. The fourth-order valence-corrected chi connectivity index (χ4v) is 4.38. The predicted octanol–water partition coefficient (Wildman–Crippen LogP) is 5.60. The van der Waals surface area contributed by atoms with Crippen molar-refractivity contribution in [2.75, 3.05) is 12.3 Å². The van der Waals surface area contributed by atoms with Crippen LogP contribution in [-0.4, -0.2) is 12.3 Å². The van der Waals surface area contributed by atoms with Crippen LogP contribution in [0.15, 0.2) is 0 Å². The topological polar surface area (TPSA) is 0 Å². The minimum absolute atomic E-state index is 0.380. The van der Waals surface area contributed by atoms with Crippen LogP contribution >= 0.6 is 6.70 Å². The van der Waals surface area contributed by atoms with E-state index < -0.39 is 0 Å². The van der Waals surface area contributed by atoms with Gasteiger partial charge in [0.15, 0.2) is 0 Å². The Hall–Kier alpha value is 0.650. The van der Waals surface area contributed by atoms with E-state index in [-0.39, 0.29) is 6.70 Å². The number of rotatable bonds is 12. The van der Waals surface area contributed by atoms with E-state index in [0.29, 0.717) is 0 Å². The molecule has 0 aromatic rings. The van der Waals surface area contributed by atoms with E-state index in [9.17, 15) is 0 Å². The van der Waals surface area contributed by atoms with Gasteiger partial charge in [-0.15, -0.1) is 11.8 Å². The number of unbranched alkanes of at least 4 members (excludes halogenated alkanes) is 8. The molecule has 0 nitrogen and oxygen atoms in total. The van der Waals surface area contributed by atoms with Crippen molar-refractivity contribution in [3.63, 3.8) is 0 Å². The molecule has 2 heteroatoms. The second-order valence-corrected chi connectivity index (χ2v) is 8.68. The highest BCUT2D eigenvalue weighted by molar-refractivity contribution is 8.05. The zero-order valence-electron chi connectivity index (χ0n) is 11.4. The van der Waals surface area contributed by atoms with E-state index in [1.165, 1.54) is 76.5 Å². The average Bonchev–Trinajstić information content (AvgIpc) is 2.28. The van der Waals surface area contributed by atoms with Gasteiger partial charge in [0.05, 0.1) is 0 Å². The van der Waals surface area contributed by atoms with Crippen LogP contribution in [0.25, 0.3) is 0 Å². The molecule has 0 rings (SSSR count). The summed E-state index contributed by atoms with van der Waals surface area (Å²) in [5.41, 5.74) is 0. The molecule has 0 aliphatic heterocycles. The summed E-state index contributed by atoms with van der Waals surface area (Å²) in [5, 5.41) is 0. The van der Waals surface area contributed by atoms with Gasteiger partial charge in [0.1, 0.15) is 0 Å². The lowest BCUT2D eigenvalue weighted by Gasteiger charge is -2.05. The maximum Gasteiger partial charge on any atom is -0.0260 e. The van der Waals surface area contributed by atoms with Crippen LogP contribution in [0.5, 0.6) is 0 Å². The lowest BCUT2D eigenvalue weighted by atomic mass is 10.2. The minimum atomic E-state index is -0.380. The van der Waals surface area contributed by atoms with Gasteiger partial charge >= 0.3 is 0 Å².